The van der Waals surface area contributed by atoms with Crippen molar-refractivity contribution >= 4 is 5.97 Å². The minimum absolute atomic E-state index is 0.0808. The van der Waals surface area contributed by atoms with Gasteiger partial charge in [-0.2, -0.15) is 13.2 Å². The Morgan fingerprint density at radius 3 is 2.56 bits per heavy atom. The quantitative estimate of drug-likeness (QED) is 0.870. The first-order valence-corrected chi connectivity index (χ1v) is 4.95. The molecule has 7 heteroatoms. The van der Waals surface area contributed by atoms with Crippen LogP contribution in [0.5, 0.6) is 5.75 Å². The zero-order valence-corrected chi connectivity index (χ0v) is 9.49. The summed E-state index contributed by atoms with van der Waals surface area (Å²) in [5.74, 6) is -1.38. The lowest BCUT2D eigenvalue weighted by Gasteiger charge is -2.19. The van der Waals surface area contributed by atoms with E-state index in [1.54, 1.807) is 0 Å². The molecule has 100 valence electrons. The number of carboxylic acids is 1. The Hall–Kier alpha value is -1.76. The van der Waals surface area contributed by atoms with Crippen molar-refractivity contribution in [3.8, 4) is 5.75 Å². The van der Waals surface area contributed by atoms with Crippen LogP contribution in [0.15, 0.2) is 24.3 Å². The van der Waals surface area contributed by atoms with E-state index in [-0.39, 0.29) is 5.75 Å². The number of carbonyl (C=O) groups is 1. The standard InChI is InChI=1S/C11H12F3NO3/c1-10(15,9(16)17)6-18-8-4-2-3-7(5-8)11(12,13)14/h2-5H,6,15H2,1H3,(H,16,17). The molecule has 0 saturated carbocycles. The number of hydrogen-bond donors (Lipinski definition) is 2. The highest BCUT2D eigenvalue weighted by atomic mass is 19.4. The highest BCUT2D eigenvalue weighted by molar-refractivity contribution is 5.78. The van der Waals surface area contributed by atoms with E-state index in [1.165, 1.54) is 19.1 Å². The Morgan fingerprint density at radius 1 is 1.44 bits per heavy atom. The van der Waals surface area contributed by atoms with Crippen LogP contribution in [-0.2, 0) is 11.0 Å². The van der Waals surface area contributed by atoms with E-state index in [2.05, 4.69) is 0 Å². The highest BCUT2D eigenvalue weighted by Crippen LogP contribution is 2.31. The molecule has 0 fully saturated rings. The minimum Gasteiger partial charge on any atom is -0.491 e. The summed E-state index contributed by atoms with van der Waals surface area (Å²) >= 11 is 0. The van der Waals surface area contributed by atoms with Crippen molar-refractivity contribution in [2.45, 2.75) is 18.6 Å². The van der Waals surface area contributed by atoms with Crippen LogP contribution < -0.4 is 10.5 Å². The predicted octanol–water partition coefficient (Wildman–Crippen LogP) is 1.89. The summed E-state index contributed by atoms with van der Waals surface area (Å²) in [4.78, 5) is 10.7. The highest BCUT2D eigenvalue weighted by Gasteiger charge is 2.32. The van der Waals surface area contributed by atoms with Gasteiger partial charge in [0.15, 0.2) is 0 Å². The molecule has 18 heavy (non-hydrogen) atoms. The maximum atomic E-state index is 12.4. The fourth-order valence-electron chi connectivity index (χ4n) is 1.06. The molecular formula is C11H12F3NO3. The van der Waals surface area contributed by atoms with E-state index < -0.39 is 29.9 Å². The molecule has 0 heterocycles. The van der Waals surface area contributed by atoms with Crippen LogP contribution in [0.4, 0.5) is 13.2 Å². The molecule has 0 aliphatic heterocycles. The van der Waals surface area contributed by atoms with E-state index in [1.807, 2.05) is 0 Å². The zero-order chi connectivity index (χ0) is 14.0. The van der Waals surface area contributed by atoms with Crippen LogP contribution in [0.25, 0.3) is 0 Å². The van der Waals surface area contributed by atoms with E-state index in [4.69, 9.17) is 15.6 Å². The van der Waals surface area contributed by atoms with Crippen molar-refractivity contribution in [3.63, 3.8) is 0 Å². The number of rotatable bonds is 4. The first-order chi connectivity index (χ1) is 8.13. The Bertz CT molecular complexity index is 443. The lowest BCUT2D eigenvalue weighted by atomic mass is 10.1. The van der Waals surface area contributed by atoms with E-state index in [9.17, 15) is 18.0 Å². The average molecular weight is 263 g/mol. The molecule has 1 unspecified atom stereocenters. The molecule has 3 N–H and O–H groups in total. The normalized spacial score (nSPS) is 14.9. The molecule has 0 aliphatic rings. The van der Waals surface area contributed by atoms with Crippen molar-refractivity contribution in [2.24, 2.45) is 5.73 Å². The van der Waals surface area contributed by atoms with Gasteiger partial charge in [0.1, 0.15) is 17.9 Å². The van der Waals surface area contributed by atoms with Crippen LogP contribution in [0, 0.1) is 0 Å². The third-order valence-electron chi connectivity index (χ3n) is 2.19. The second-order valence-corrected chi connectivity index (χ2v) is 4.04. The first-order valence-electron chi connectivity index (χ1n) is 4.95. The lowest BCUT2D eigenvalue weighted by molar-refractivity contribution is -0.144. The fourth-order valence-corrected chi connectivity index (χ4v) is 1.06. The number of halogens is 3. The summed E-state index contributed by atoms with van der Waals surface area (Å²) in [7, 11) is 0. The van der Waals surface area contributed by atoms with Crippen molar-refractivity contribution in [1.29, 1.82) is 0 Å². The molecule has 1 aromatic carbocycles. The Kier molecular flexibility index (Phi) is 3.85. The maximum absolute atomic E-state index is 12.4. The molecule has 0 radical (unpaired) electrons. The lowest BCUT2D eigenvalue weighted by Crippen LogP contribution is -2.49. The molecule has 1 rings (SSSR count). The fraction of sp³-hybridized carbons (Fsp3) is 0.364. The first kappa shape index (κ1) is 14.3. The van der Waals surface area contributed by atoms with Gasteiger partial charge in [0.2, 0.25) is 0 Å². The third-order valence-corrected chi connectivity index (χ3v) is 2.19. The van der Waals surface area contributed by atoms with Gasteiger partial charge in [-0.25, -0.2) is 0 Å². The predicted molar refractivity (Wildman–Crippen MR) is 57.2 cm³/mol. The van der Waals surface area contributed by atoms with Crippen molar-refractivity contribution in [1.82, 2.24) is 0 Å². The summed E-state index contributed by atoms with van der Waals surface area (Å²) in [5.41, 5.74) is 2.86. The molecule has 1 aromatic rings. The van der Waals surface area contributed by atoms with E-state index in [0.29, 0.717) is 0 Å². The number of aliphatic carboxylic acids is 1. The van der Waals surface area contributed by atoms with Gasteiger partial charge in [-0.05, 0) is 25.1 Å². The average Bonchev–Trinajstić information content (AvgIpc) is 2.25. The van der Waals surface area contributed by atoms with Gasteiger partial charge in [0, 0.05) is 0 Å². The number of nitrogens with two attached hydrogens (primary N) is 1. The number of carboxylic acid groups (broad SMARTS) is 1. The molecular weight excluding hydrogens is 251 g/mol. The third kappa shape index (κ3) is 3.63. The van der Waals surface area contributed by atoms with Gasteiger partial charge >= 0.3 is 12.1 Å². The molecule has 0 amide bonds. The Balaban J connectivity index is 2.78. The second kappa shape index (κ2) is 4.85. The minimum atomic E-state index is -4.47. The van der Waals surface area contributed by atoms with Crippen LogP contribution in [0.3, 0.4) is 0 Å². The van der Waals surface area contributed by atoms with Gasteiger partial charge in [-0.1, -0.05) is 6.07 Å². The van der Waals surface area contributed by atoms with E-state index >= 15 is 0 Å². The number of ether oxygens (including phenoxy) is 1. The molecule has 0 spiro atoms. The van der Waals surface area contributed by atoms with E-state index in [0.717, 1.165) is 12.1 Å². The number of benzene rings is 1. The van der Waals surface area contributed by atoms with Crippen molar-refractivity contribution in [3.05, 3.63) is 29.8 Å². The summed E-state index contributed by atoms with van der Waals surface area (Å²) in [5, 5.41) is 8.72. The molecule has 0 bridgehead atoms. The van der Waals surface area contributed by atoms with Gasteiger partial charge in [0.05, 0.1) is 5.56 Å². The SMILES string of the molecule is CC(N)(COc1cccc(C(F)(F)F)c1)C(=O)O. The smallest absolute Gasteiger partial charge is 0.416 e. The monoisotopic (exact) mass is 263 g/mol. The molecule has 0 saturated heterocycles. The maximum Gasteiger partial charge on any atom is 0.416 e. The summed E-state index contributed by atoms with van der Waals surface area (Å²) in [6.07, 6.45) is -4.47. The zero-order valence-electron chi connectivity index (χ0n) is 9.49. The van der Waals surface area contributed by atoms with Gasteiger partial charge in [-0.3, -0.25) is 4.79 Å². The second-order valence-electron chi connectivity index (χ2n) is 4.04. The number of hydrogen-bond acceptors (Lipinski definition) is 3. The largest absolute Gasteiger partial charge is 0.491 e. The Morgan fingerprint density at radius 2 is 2.06 bits per heavy atom. The van der Waals surface area contributed by atoms with Crippen LogP contribution >= 0.6 is 0 Å². The van der Waals surface area contributed by atoms with Crippen LogP contribution in [-0.4, -0.2) is 23.2 Å². The van der Waals surface area contributed by atoms with Gasteiger partial charge in [0.25, 0.3) is 0 Å². The molecule has 0 aromatic heterocycles. The summed E-state index contributed by atoms with van der Waals surface area (Å²) < 4.78 is 42.1. The molecule has 0 aliphatic carbocycles. The molecule has 4 nitrogen and oxygen atoms in total. The van der Waals surface area contributed by atoms with Crippen LogP contribution in [0.1, 0.15) is 12.5 Å². The Labute approximate surface area is 101 Å². The van der Waals surface area contributed by atoms with Gasteiger partial charge in [-0.15, -0.1) is 0 Å². The summed E-state index contributed by atoms with van der Waals surface area (Å²) in [6.45, 7) is 0.784. The number of alkyl halides is 3. The topological polar surface area (TPSA) is 72.5 Å². The van der Waals surface area contributed by atoms with Crippen molar-refractivity contribution < 1.29 is 27.8 Å². The van der Waals surface area contributed by atoms with Crippen molar-refractivity contribution in [2.75, 3.05) is 6.61 Å². The molecule has 1 atom stereocenters. The van der Waals surface area contributed by atoms with Gasteiger partial charge < -0.3 is 15.6 Å². The summed E-state index contributed by atoms with van der Waals surface area (Å²) in [6, 6.07) is 4.16. The van der Waals surface area contributed by atoms with Crippen LogP contribution in [0.2, 0.25) is 0 Å².